The van der Waals surface area contributed by atoms with Gasteiger partial charge in [-0.3, -0.25) is 4.79 Å². The van der Waals surface area contributed by atoms with Gasteiger partial charge < -0.3 is 49.9 Å². The normalized spacial score (nSPS) is 11.5. The zero-order valence-electron chi connectivity index (χ0n) is 27.3. The number of sulfonamides is 1. The van der Waals surface area contributed by atoms with Crippen LogP contribution < -0.4 is 21.1 Å². The first kappa shape index (κ1) is 41.1. The van der Waals surface area contributed by atoms with E-state index in [9.17, 15) is 17.6 Å². The van der Waals surface area contributed by atoms with Crippen molar-refractivity contribution in [3.05, 3.63) is 64.5 Å². The van der Waals surface area contributed by atoms with Crippen LogP contribution in [0.15, 0.2) is 58.0 Å². The number of hydrogen-bond acceptors (Lipinski definition) is 14. The van der Waals surface area contributed by atoms with Crippen LogP contribution in [0.3, 0.4) is 0 Å². The number of ether oxygens (including phenoxy) is 6. The Kier molecular flexibility index (Phi) is 19.0. The van der Waals surface area contributed by atoms with Gasteiger partial charge in [0.15, 0.2) is 0 Å². The molecule has 1 amide bonds. The molecule has 50 heavy (non-hydrogen) atoms. The lowest BCUT2D eigenvalue weighted by Gasteiger charge is -2.13. The third kappa shape index (κ3) is 15.3. The first-order chi connectivity index (χ1) is 24.2. The summed E-state index contributed by atoms with van der Waals surface area (Å²) in [7, 11) is -3.79. The highest BCUT2D eigenvalue weighted by Gasteiger charge is 2.17. The van der Waals surface area contributed by atoms with E-state index in [4.69, 9.17) is 39.3 Å². The Morgan fingerprint density at radius 1 is 0.800 bits per heavy atom. The van der Waals surface area contributed by atoms with Crippen molar-refractivity contribution in [3.63, 3.8) is 0 Å². The lowest BCUT2D eigenvalue weighted by molar-refractivity contribution is -0.0179. The van der Waals surface area contributed by atoms with Crippen molar-refractivity contribution in [2.24, 2.45) is 5.73 Å². The van der Waals surface area contributed by atoms with Crippen LogP contribution in [0.2, 0.25) is 0 Å². The van der Waals surface area contributed by atoms with Crippen molar-refractivity contribution >= 4 is 55.0 Å². The topological polar surface area (TPSA) is 215 Å². The molecular weight excluding hydrogens is 747 g/mol. The minimum absolute atomic E-state index is 0.00424. The number of aliphatic hydroxyl groups excluding tert-OH is 1. The molecule has 2 aromatic carbocycles. The number of benzene rings is 2. The Hall–Kier alpha value is -3.37. The number of primary amides is 1. The van der Waals surface area contributed by atoms with Crippen molar-refractivity contribution < 1.29 is 51.1 Å². The van der Waals surface area contributed by atoms with Crippen molar-refractivity contribution in [1.82, 2.24) is 14.7 Å². The highest BCUT2D eigenvalue weighted by Crippen LogP contribution is 2.28. The van der Waals surface area contributed by atoms with E-state index in [1.165, 1.54) is 30.5 Å². The number of rotatable bonds is 27. The molecule has 0 aliphatic heterocycles. The lowest BCUT2D eigenvalue weighted by atomic mass is 10.1. The van der Waals surface area contributed by atoms with Gasteiger partial charge in [0.2, 0.25) is 16.0 Å². The minimum Gasteiger partial charge on any atom is -0.394 e. The summed E-state index contributed by atoms with van der Waals surface area (Å²) in [5.41, 5.74) is 5.64. The standard InChI is InChI=1S/C31H42BrFN6O10S/c32-25-22-35-31(39-30(25)38-27-3-1-2-26(33)28(27)29(34)41)37-23-4-6-24(7-5-23)50(42,43)36-8-10-44-12-14-46-16-18-48-20-21-49-19-17-47-15-13-45-11-9-40/h1-7,22,36,40H,8-21H2,(H2,34,41)(H2,35,37,38,39). The van der Waals surface area contributed by atoms with Gasteiger partial charge >= 0.3 is 0 Å². The van der Waals surface area contributed by atoms with E-state index in [1.807, 2.05) is 0 Å². The molecule has 0 saturated heterocycles. The van der Waals surface area contributed by atoms with E-state index >= 15 is 0 Å². The number of nitrogens with zero attached hydrogens (tertiary/aromatic N) is 2. The molecule has 3 aromatic rings. The second-order valence-corrected chi connectivity index (χ2v) is 12.6. The number of carbonyl (C=O) groups is 1. The molecule has 0 fully saturated rings. The van der Waals surface area contributed by atoms with Crippen molar-refractivity contribution in [2.45, 2.75) is 4.90 Å². The third-order valence-corrected chi connectivity index (χ3v) is 8.37. The quantitative estimate of drug-likeness (QED) is 0.0702. The lowest BCUT2D eigenvalue weighted by Crippen LogP contribution is -2.27. The number of nitrogens with one attached hydrogen (secondary N) is 3. The Balaban J connectivity index is 1.27. The second-order valence-electron chi connectivity index (χ2n) is 9.99. The number of anilines is 4. The smallest absolute Gasteiger partial charge is 0.253 e. The molecule has 1 heterocycles. The van der Waals surface area contributed by atoms with Crippen LogP contribution in [-0.2, 0) is 38.4 Å². The van der Waals surface area contributed by atoms with Crippen molar-refractivity contribution in [1.29, 1.82) is 0 Å². The number of aliphatic hydroxyl groups is 1. The van der Waals surface area contributed by atoms with Gasteiger partial charge in [-0.05, 0) is 52.3 Å². The molecule has 0 unspecified atom stereocenters. The van der Waals surface area contributed by atoms with E-state index in [-0.39, 0.29) is 47.7 Å². The molecule has 19 heteroatoms. The minimum atomic E-state index is -3.79. The summed E-state index contributed by atoms with van der Waals surface area (Å²) in [5.74, 6) is -1.33. The van der Waals surface area contributed by atoms with Crippen LogP contribution in [0.4, 0.5) is 27.5 Å². The first-order valence-electron chi connectivity index (χ1n) is 15.5. The van der Waals surface area contributed by atoms with Crippen LogP contribution in [-0.4, -0.2) is 122 Å². The summed E-state index contributed by atoms with van der Waals surface area (Å²) in [6, 6.07) is 9.97. The van der Waals surface area contributed by atoms with Crippen LogP contribution in [0.1, 0.15) is 10.4 Å². The van der Waals surface area contributed by atoms with Crippen molar-refractivity contribution in [2.75, 3.05) is 103 Å². The molecule has 0 atom stereocenters. The summed E-state index contributed by atoms with van der Waals surface area (Å²) in [6.07, 6.45) is 1.45. The molecule has 1 aromatic heterocycles. The molecule has 0 radical (unpaired) electrons. The number of aromatic nitrogens is 2. The Morgan fingerprint density at radius 3 is 1.88 bits per heavy atom. The number of carbonyl (C=O) groups excluding carboxylic acids is 1. The van der Waals surface area contributed by atoms with Gasteiger partial charge in [-0.15, -0.1) is 0 Å². The predicted octanol–water partition coefficient (Wildman–Crippen LogP) is 2.33. The largest absolute Gasteiger partial charge is 0.394 e. The number of hydrogen-bond donors (Lipinski definition) is 5. The number of halogens is 2. The zero-order valence-corrected chi connectivity index (χ0v) is 29.7. The van der Waals surface area contributed by atoms with E-state index in [0.29, 0.717) is 82.8 Å². The SMILES string of the molecule is NC(=O)c1c(F)cccc1Nc1nc(Nc2ccc(S(=O)(=O)NCCOCCOCCOCCOCCOCCOCCO)cc2)ncc1Br. The maximum Gasteiger partial charge on any atom is 0.253 e. The number of nitrogens with two attached hydrogens (primary N) is 1. The zero-order chi connectivity index (χ0) is 36.0. The Labute approximate surface area is 298 Å². The predicted molar refractivity (Wildman–Crippen MR) is 185 cm³/mol. The average molecular weight is 790 g/mol. The molecule has 0 saturated carbocycles. The fourth-order valence-electron chi connectivity index (χ4n) is 3.97. The fourth-order valence-corrected chi connectivity index (χ4v) is 5.27. The van der Waals surface area contributed by atoms with Gasteiger partial charge in [0.25, 0.3) is 5.91 Å². The van der Waals surface area contributed by atoms with E-state index in [1.54, 1.807) is 12.1 Å². The first-order valence-corrected chi connectivity index (χ1v) is 17.8. The summed E-state index contributed by atoms with van der Waals surface area (Å²) < 4.78 is 74.5. The molecule has 0 aliphatic rings. The maximum atomic E-state index is 14.2. The van der Waals surface area contributed by atoms with Crippen LogP contribution in [0.25, 0.3) is 0 Å². The van der Waals surface area contributed by atoms with E-state index < -0.39 is 21.7 Å². The highest BCUT2D eigenvalue weighted by atomic mass is 79.9. The van der Waals surface area contributed by atoms with Gasteiger partial charge in [-0.25, -0.2) is 22.5 Å². The summed E-state index contributed by atoms with van der Waals surface area (Å²) in [4.78, 5) is 20.3. The van der Waals surface area contributed by atoms with Crippen molar-refractivity contribution in [3.8, 4) is 0 Å². The monoisotopic (exact) mass is 788 g/mol. The molecule has 0 aliphatic carbocycles. The van der Waals surface area contributed by atoms with Gasteiger partial charge in [0.1, 0.15) is 11.6 Å². The highest BCUT2D eigenvalue weighted by molar-refractivity contribution is 9.10. The molecular formula is C31H42BrFN6O10S. The molecule has 16 nitrogen and oxygen atoms in total. The van der Waals surface area contributed by atoms with E-state index in [2.05, 4.69) is 41.3 Å². The van der Waals surface area contributed by atoms with Crippen LogP contribution in [0.5, 0.6) is 0 Å². The summed E-state index contributed by atoms with van der Waals surface area (Å²) in [5, 5.41) is 14.4. The number of amides is 1. The van der Waals surface area contributed by atoms with Gasteiger partial charge in [0.05, 0.1) is 107 Å². The molecule has 0 bridgehead atoms. The second kappa shape index (κ2) is 23.2. The van der Waals surface area contributed by atoms with Gasteiger partial charge in [0, 0.05) is 18.4 Å². The third-order valence-electron chi connectivity index (χ3n) is 6.31. The summed E-state index contributed by atoms with van der Waals surface area (Å²) in [6.45, 7) is 4.59. The van der Waals surface area contributed by atoms with Crippen LogP contribution in [0, 0.1) is 5.82 Å². The van der Waals surface area contributed by atoms with Gasteiger partial charge in [-0.2, -0.15) is 4.98 Å². The van der Waals surface area contributed by atoms with E-state index in [0.717, 1.165) is 6.07 Å². The Bertz CT molecular complexity index is 1560. The summed E-state index contributed by atoms with van der Waals surface area (Å²) >= 11 is 3.32. The molecule has 276 valence electrons. The fraction of sp³-hybridized carbons (Fsp3) is 0.452. The average Bonchev–Trinajstić information content (AvgIpc) is 3.09. The Morgan fingerprint density at radius 2 is 1.34 bits per heavy atom. The molecule has 0 spiro atoms. The van der Waals surface area contributed by atoms with Crippen LogP contribution >= 0.6 is 15.9 Å². The molecule has 3 rings (SSSR count). The molecule has 6 N–H and O–H groups in total. The van der Waals surface area contributed by atoms with Gasteiger partial charge in [-0.1, -0.05) is 6.07 Å². The maximum absolute atomic E-state index is 14.2.